The van der Waals surface area contributed by atoms with Gasteiger partial charge in [-0.2, -0.15) is 4.98 Å². The number of rotatable bonds is 5. The molecular formula is C15H22N4O2. The van der Waals surface area contributed by atoms with Crippen molar-refractivity contribution in [2.75, 3.05) is 19.6 Å². The van der Waals surface area contributed by atoms with Crippen LogP contribution in [0.1, 0.15) is 43.8 Å². The molecule has 1 atom stereocenters. The third-order valence-corrected chi connectivity index (χ3v) is 3.97. The normalized spacial score (nSPS) is 18.0. The van der Waals surface area contributed by atoms with Crippen LogP contribution >= 0.6 is 0 Å². The Morgan fingerprint density at radius 3 is 2.90 bits per heavy atom. The number of nitrogens with two attached hydrogens (primary N) is 1. The van der Waals surface area contributed by atoms with E-state index in [0.29, 0.717) is 11.7 Å². The van der Waals surface area contributed by atoms with Gasteiger partial charge in [-0.1, -0.05) is 18.5 Å². The molecule has 0 aromatic carbocycles. The summed E-state index contributed by atoms with van der Waals surface area (Å²) >= 11 is 0. The molecule has 0 bridgehead atoms. The van der Waals surface area contributed by atoms with E-state index in [9.17, 15) is 0 Å². The zero-order valence-electron chi connectivity index (χ0n) is 12.4. The van der Waals surface area contributed by atoms with Gasteiger partial charge in [0, 0.05) is 13.0 Å². The number of likely N-dealkylation sites (tertiary alicyclic amines) is 1. The SMILES string of the molecule is CCc1occc1-c1nc(C(N)CN2CCCCC2)no1. The van der Waals surface area contributed by atoms with Gasteiger partial charge in [0.05, 0.1) is 17.9 Å². The third-order valence-electron chi connectivity index (χ3n) is 3.97. The van der Waals surface area contributed by atoms with Crippen molar-refractivity contribution in [1.29, 1.82) is 0 Å². The molecule has 0 aliphatic carbocycles. The Morgan fingerprint density at radius 1 is 1.33 bits per heavy atom. The predicted molar refractivity (Wildman–Crippen MR) is 78.6 cm³/mol. The van der Waals surface area contributed by atoms with E-state index in [2.05, 4.69) is 15.0 Å². The number of furan rings is 1. The van der Waals surface area contributed by atoms with Crippen LogP contribution in [-0.4, -0.2) is 34.7 Å². The first-order valence-corrected chi connectivity index (χ1v) is 7.66. The molecule has 2 aromatic rings. The second kappa shape index (κ2) is 6.41. The van der Waals surface area contributed by atoms with Crippen LogP contribution in [0.25, 0.3) is 11.5 Å². The molecule has 1 aliphatic heterocycles. The molecular weight excluding hydrogens is 268 g/mol. The number of aromatic nitrogens is 2. The molecule has 0 amide bonds. The molecule has 6 nitrogen and oxygen atoms in total. The van der Waals surface area contributed by atoms with Gasteiger partial charge in [-0.15, -0.1) is 0 Å². The monoisotopic (exact) mass is 290 g/mol. The topological polar surface area (TPSA) is 81.3 Å². The van der Waals surface area contributed by atoms with Crippen LogP contribution in [0.5, 0.6) is 0 Å². The van der Waals surface area contributed by atoms with Crippen molar-refractivity contribution in [3.63, 3.8) is 0 Å². The lowest BCUT2D eigenvalue weighted by Crippen LogP contribution is -2.36. The molecule has 21 heavy (non-hydrogen) atoms. The lowest BCUT2D eigenvalue weighted by atomic mass is 10.1. The summed E-state index contributed by atoms with van der Waals surface area (Å²) in [6.45, 7) is 5.03. The largest absolute Gasteiger partial charge is 0.469 e. The average molecular weight is 290 g/mol. The highest BCUT2D eigenvalue weighted by Crippen LogP contribution is 2.24. The fourth-order valence-electron chi connectivity index (χ4n) is 2.80. The van der Waals surface area contributed by atoms with Gasteiger partial charge in [0.2, 0.25) is 0 Å². The molecule has 3 heterocycles. The quantitative estimate of drug-likeness (QED) is 0.910. The Hall–Kier alpha value is -1.66. The van der Waals surface area contributed by atoms with Crippen LogP contribution in [0.4, 0.5) is 0 Å². The summed E-state index contributed by atoms with van der Waals surface area (Å²) in [5.41, 5.74) is 7.08. The first-order valence-electron chi connectivity index (χ1n) is 7.66. The maximum Gasteiger partial charge on any atom is 0.261 e. The van der Waals surface area contributed by atoms with Gasteiger partial charge in [-0.25, -0.2) is 0 Å². The number of nitrogens with zero attached hydrogens (tertiary/aromatic N) is 3. The Morgan fingerprint density at radius 2 is 2.14 bits per heavy atom. The Kier molecular flexibility index (Phi) is 4.36. The molecule has 0 spiro atoms. The summed E-state index contributed by atoms with van der Waals surface area (Å²) < 4.78 is 10.7. The summed E-state index contributed by atoms with van der Waals surface area (Å²) in [6, 6.07) is 1.64. The zero-order valence-corrected chi connectivity index (χ0v) is 12.4. The minimum Gasteiger partial charge on any atom is -0.469 e. The first-order chi connectivity index (χ1) is 10.3. The van der Waals surface area contributed by atoms with Gasteiger partial charge in [-0.3, -0.25) is 0 Å². The zero-order chi connectivity index (χ0) is 14.7. The molecule has 6 heteroatoms. The lowest BCUT2D eigenvalue weighted by molar-refractivity contribution is 0.213. The molecule has 2 N–H and O–H groups in total. The standard InChI is InChI=1S/C15H22N4O2/c1-2-13-11(6-9-20-13)15-17-14(18-21-15)12(16)10-19-7-4-3-5-8-19/h6,9,12H,2-5,7-8,10,16H2,1H3. The summed E-state index contributed by atoms with van der Waals surface area (Å²) in [5.74, 6) is 1.92. The molecule has 1 fully saturated rings. The molecule has 0 saturated carbocycles. The van der Waals surface area contributed by atoms with Crippen molar-refractivity contribution in [2.24, 2.45) is 5.73 Å². The minimum absolute atomic E-state index is 0.211. The van der Waals surface area contributed by atoms with Crippen LogP contribution in [0, 0.1) is 0 Å². The van der Waals surface area contributed by atoms with E-state index >= 15 is 0 Å². The summed E-state index contributed by atoms with van der Waals surface area (Å²) in [4.78, 5) is 6.81. The number of hydrogen-bond donors (Lipinski definition) is 1. The van der Waals surface area contributed by atoms with E-state index in [1.54, 1.807) is 6.26 Å². The van der Waals surface area contributed by atoms with Crippen molar-refractivity contribution >= 4 is 0 Å². The maximum absolute atomic E-state index is 6.21. The fraction of sp³-hybridized carbons (Fsp3) is 0.600. The van der Waals surface area contributed by atoms with E-state index in [1.807, 2.05) is 13.0 Å². The number of hydrogen-bond acceptors (Lipinski definition) is 6. The number of aryl methyl sites for hydroxylation is 1. The van der Waals surface area contributed by atoms with Crippen molar-refractivity contribution < 1.29 is 8.94 Å². The second-order valence-electron chi connectivity index (χ2n) is 5.54. The average Bonchev–Trinajstić information content (AvgIpc) is 3.16. The fourth-order valence-corrected chi connectivity index (χ4v) is 2.80. The van der Waals surface area contributed by atoms with Crippen molar-refractivity contribution in [1.82, 2.24) is 15.0 Å². The molecule has 3 rings (SSSR count). The van der Waals surface area contributed by atoms with Crippen LogP contribution in [0.2, 0.25) is 0 Å². The third kappa shape index (κ3) is 3.16. The first kappa shape index (κ1) is 14.3. The van der Waals surface area contributed by atoms with Gasteiger partial charge in [-0.05, 0) is 32.0 Å². The minimum atomic E-state index is -0.211. The van der Waals surface area contributed by atoms with Crippen molar-refractivity contribution in [3.05, 3.63) is 23.9 Å². The highest BCUT2D eigenvalue weighted by molar-refractivity contribution is 5.55. The molecule has 114 valence electrons. The highest BCUT2D eigenvalue weighted by Gasteiger charge is 2.21. The molecule has 0 radical (unpaired) electrons. The van der Waals surface area contributed by atoms with E-state index in [1.165, 1.54) is 19.3 Å². The van der Waals surface area contributed by atoms with Crippen LogP contribution in [0.15, 0.2) is 21.3 Å². The maximum atomic E-state index is 6.21. The summed E-state index contributed by atoms with van der Waals surface area (Å²) in [5, 5.41) is 4.03. The highest BCUT2D eigenvalue weighted by atomic mass is 16.5. The van der Waals surface area contributed by atoms with Gasteiger partial charge in [0.1, 0.15) is 5.76 Å². The van der Waals surface area contributed by atoms with Crippen molar-refractivity contribution in [3.8, 4) is 11.5 Å². The van der Waals surface area contributed by atoms with Crippen LogP contribution < -0.4 is 5.73 Å². The smallest absolute Gasteiger partial charge is 0.261 e. The van der Waals surface area contributed by atoms with E-state index < -0.39 is 0 Å². The van der Waals surface area contributed by atoms with E-state index in [0.717, 1.165) is 37.4 Å². The van der Waals surface area contributed by atoms with Crippen LogP contribution in [-0.2, 0) is 6.42 Å². The van der Waals surface area contributed by atoms with Gasteiger partial charge in [0.25, 0.3) is 5.89 Å². The molecule has 1 unspecified atom stereocenters. The van der Waals surface area contributed by atoms with Gasteiger partial charge < -0.3 is 19.6 Å². The van der Waals surface area contributed by atoms with Crippen LogP contribution in [0.3, 0.4) is 0 Å². The Balaban J connectivity index is 1.69. The molecule has 2 aromatic heterocycles. The van der Waals surface area contributed by atoms with Crippen molar-refractivity contribution in [2.45, 2.75) is 38.6 Å². The molecule has 1 saturated heterocycles. The Labute approximate surface area is 124 Å². The lowest BCUT2D eigenvalue weighted by Gasteiger charge is -2.27. The predicted octanol–water partition coefficient (Wildman–Crippen LogP) is 2.38. The molecule has 1 aliphatic rings. The van der Waals surface area contributed by atoms with E-state index in [4.69, 9.17) is 14.7 Å². The number of piperidine rings is 1. The summed E-state index contributed by atoms with van der Waals surface area (Å²) in [6.07, 6.45) is 6.25. The van der Waals surface area contributed by atoms with E-state index in [-0.39, 0.29) is 6.04 Å². The Bertz CT molecular complexity index is 572. The second-order valence-corrected chi connectivity index (χ2v) is 5.54. The van der Waals surface area contributed by atoms with Gasteiger partial charge >= 0.3 is 0 Å². The summed E-state index contributed by atoms with van der Waals surface area (Å²) in [7, 11) is 0. The van der Waals surface area contributed by atoms with Gasteiger partial charge in [0.15, 0.2) is 5.82 Å².